The highest BCUT2D eigenvalue weighted by molar-refractivity contribution is 8.05. The van der Waals surface area contributed by atoms with Crippen LogP contribution in [-0.4, -0.2) is 36.7 Å². The molecule has 0 atom stereocenters. The molecule has 1 heterocycles. The van der Waals surface area contributed by atoms with Crippen molar-refractivity contribution in [2.75, 3.05) is 13.2 Å². The van der Waals surface area contributed by atoms with Crippen LogP contribution in [0.25, 0.3) is 0 Å². The molecule has 0 fully saturated rings. The van der Waals surface area contributed by atoms with Crippen LogP contribution < -0.4 is 0 Å². The minimum atomic E-state index is -0.890. The molecule has 0 radical (unpaired) electrons. The van der Waals surface area contributed by atoms with Crippen LogP contribution in [-0.2, 0) is 19.1 Å². The standard InChI is InChI=1S/C20H16O6S2/c1-3-25-19(23)17(21)11-5-7-13-15(9-11)28-16-10-12(6-8-14(16)27-13)18(22)20(24)26-4-2/h5-10H,3-4H2,1-2H3. The maximum absolute atomic E-state index is 12.2. The summed E-state index contributed by atoms with van der Waals surface area (Å²) in [4.78, 5) is 51.1. The van der Waals surface area contributed by atoms with Gasteiger partial charge in [-0.15, -0.1) is 0 Å². The number of esters is 2. The molecule has 1 aliphatic heterocycles. The summed E-state index contributed by atoms with van der Waals surface area (Å²) in [7, 11) is 0. The van der Waals surface area contributed by atoms with Gasteiger partial charge in [0, 0.05) is 30.7 Å². The molecule has 0 aromatic heterocycles. The highest BCUT2D eigenvalue weighted by atomic mass is 32.2. The van der Waals surface area contributed by atoms with E-state index in [1.807, 2.05) is 0 Å². The number of hydrogen-bond acceptors (Lipinski definition) is 8. The molecular formula is C20H16O6S2. The van der Waals surface area contributed by atoms with E-state index in [-0.39, 0.29) is 24.3 Å². The van der Waals surface area contributed by atoms with Gasteiger partial charge in [-0.25, -0.2) is 9.59 Å². The zero-order valence-electron chi connectivity index (χ0n) is 15.1. The molecule has 28 heavy (non-hydrogen) atoms. The molecule has 1 aliphatic rings. The van der Waals surface area contributed by atoms with Gasteiger partial charge < -0.3 is 9.47 Å². The fourth-order valence-electron chi connectivity index (χ4n) is 2.49. The van der Waals surface area contributed by atoms with Crippen LogP contribution >= 0.6 is 23.5 Å². The van der Waals surface area contributed by atoms with E-state index in [1.165, 1.54) is 23.5 Å². The second kappa shape index (κ2) is 8.62. The molecule has 6 nitrogen and oxygen atoms in total. The van der Waals surface area contributed by atoms with Crippen molar-refractivity contribution >= 4 is 47.0 Å². The molecule has 0 saturated heterocycles. The van der Waals surface area contributed by atoms with Crippen molar-refractivity contribution in [3.63, 3.8) is 0 Å². The summed E-state index contributed by atoms with van der Waals surface area (Å²) in [5.74, 6) is -3.18. The lowest BCUT2D eigenvalue weighted by atomic mass is 10.1. The van der Waals surface area contributed by atoms with Gasteiger partial charge in [-0.3, -0.25) is 9.59 Å². The summed E-state index contributed by atoms with van der Waals surface area (Å²) in [6.07, 6.45) is 0. The van der Waals surface area contributed by atoms with Crippen molar-refractivity contribution in [2.45, 2.75) is 33.4 Å². The Balaban J connectivity index is 1.86. The number of carbonyl (C=O) groups is 4. The number of hydrogen-bond donors (Lipinski definition) is 0. The van der Waals surface area contributed by atoms with Gasteiger partial charge in [-0.05, 0) is 50.2 Å². The van der Waals surface area contributed by atoms with Gasteiger partial charge >= 0.3 is 11.9 Å². The summed E-state index contributed by atoms with van der Waals surface area (Å²) >= 11 is 2.85. The van der Waals surface area contributed by atoms with Crippen LogP contribution in [0.4, 0.5) is 0 Å². The maximum atomic E-state index is 12.2. The quantitative estimate of drug-likeness (QED) is 0.341. The molecule has 8 heteroatoms. The molecule has 0 aliphatic carbocycles. The van der Waals surface area contributed by atoms with Crippen molar-refractivity contribution in [2.24, 2.45) is 0 Å². The highest BCUT2D eigenvalue weighted by Crippen LogP contribution is 2.48. The van der Waals surface area contributed by atoms with Crippen molar-refractivity contribution < 1.29 is 28.7 Å². The van der Waals surface area contributed by atoms with E-state index in [0.717, 1.165) is 19.6 Å². The first-order chi connectivity index (χ1) is 13.4. The Morgan fingerprint density at radius 1 is 0.679 bits per heavy atom. The Labute approximate surface area is 170 Å². The highest BCUT2D eigenvalue weighted by Gasteiger charge is 2.24. The second-order valence-electron chi connectivity index (χ2n) is 5.63. The SMILES string of the molecule is CCOC(=O)C(=O)c1ccc2c(c1)Sc1cc(C(=O)C(=O)OCC)ccc1S2. The average molecular weight is 416 g/mol. The third kappa shape index (κ3) is 4.13. The first-order valence-electron chi connectivity index (χ1n) is 8.51. The van der Waals surface area contributed by atoms with Gasteiger partial charge in [0.05, 0.1) is 13.2 Å². The van der Waals surface area contributed by atoms with Crippen LogP contribution in [0.5, 0.6) is 0 Å². The van der Waals surface area contributed by atoms with Crippen LogP contribution in [0.2, 0.25) is 0 Å². The zero-order chi connectivity index (χ0) is 20.3. The van der Waals surface area contributed by atoms with Gasteiger partial charge in [0.25, 0.3) is 11.6 Å². The van der Waals surface area contributed by atoms with Crippen molar-refractivity contribution in [3.05, 3.63) is 47.5 Å². The summed E-state index contributed by atoms with van der Waals surface area (Å²) in [6, 6.07) is 10.0. The molecule has 2 aromatic carbocycles. The number of carbonyl (C=O) groups excluding carboxylic acids is 4. The van der Waals surface area contributed by atoms with Crippen LogP contribution in [0, 0.1) is 0 Å². The molecule has 0 N–H and O–H groups in total. The van der Waals surface area contributed by atoms with Gasteiger partial charge in [0.2, 0.25) is 0 Å². The third-order valence-corrected chi connectivity index (χ3v) is 6.30. The van der Waals surface area contributed by atoms with E-state index in [0.29, 0.717) is 0 Å². The lowest BCUT2D eigenvalue weighted by Crippen LogP contribution is -2.18. The minimum Gasteiger partial charge on any atom is -0.460 e. The van der Waals surface area contributed by atoms with E-state index in [1.54, 1.807) is 50.2 Å². The fourth-order valence-corrected chi connectivity index (χ4v) is 4.77. The maximum Gasteiger partial charge on any atom is 0.379 e. The molecule has 0 amide bonds. The first-order valence-corrected chi connectivity index (χ1v) is 10.1. The summed E-state index contributed by atoms with van der Waals surface area (Å²) in [5.41, 5.74) is 0.486. The van der Waals surface area contributed by atoms with Crippen molar-refractivity contribution in [3.8, 4) is 0 Å². The Bertz CT molecular complexity index is 905. The molecule has 0 spiro atoms. The number of fused-ring (bicyclic) bond motifs is 2. The number of ketones is 2. The smallest absolute Gasteiger partial charge is 0.379 e. The predicted molar refractivity (Wildman–Crippen MR) is 103 cm³/mol. The van der Waals surface area contributed by atoms with Crippen LogP contribution in [0.3, 0.4) is 0 Å². The van der Waals surface area contributed by atoms with Gasteiger partial charge in [-0.1, -0.05) is 23.5 Å². The van der Waals surface area contributed by atoms with Crippen molar-refractivity contribution in [1.82, 2.24) is 0 Å². The topological polar surface area (TPSA) is 86.7 Å². The fraction of sp³-hybridized carbons (Fsp3) is 0.200. The largest absolute Gasteiger partial charge is 0.460 e. The average Bonchev–Trinajstić information content (AvgIpc) is 2.70. The molecule has 3 rings (SSSR count). The summed E-state index contributed by atoms with van der Waals surface area (Å²) < 4.78 is 9.52. The van der Waals surface area contributed by atoms with E-state index in [2.05, 4.69) is 0 Å². The lowest BCUT2D eigenvalue weighted by Gasteiger charge is -2.19. The Hall–Kier alpha value is -2.58. The van der Waals surface area contributed by atoms with Gasteiger partial charge in [-0.2, -0.15) is 0 Å². The van der Waals surface area contributed by atoms with E-state index < -0.39 is 23.5 Å². The van der Waals surface area contributed by atoms with E-state index >= 15 is 0 Å². The number of Topliss-reactive ketones (excluding diaryl/α,β-unsaturated/α-hetero) is 2. The Morgan fingerprint density at radius 3 is 1.46 bits per heavy atom. The van der Waals surface area contributed by atoms with Crippen LogP contribution in [0.15, 0.2) is 56.0 Å². The number of rotatable bonds is 6. The Morgan fingerprint density at radius 2 is 1.07 bits per heavy atom. The molecule has 0 bridgehead atoms. The first kappa shape index (κ1) is 20.2. The third-order valence-electron chi connectivity index (χ3n) is 3.77. The number of benzene rings is 2. The lowest BCUT2D eigenvalue weighted by molar-refractivity contribution is -0.138. The molecule has 0 unspecified atom stereocenters. The summed E-state index contributed by atoms with van der Waals surface area (Å²) in [6.45, 7) is 3.53. The number of ether oxygens (including phenoxy) is 2. The second-order valence-corrected chi connectivity index (χ2v) is 7.79. The molecular weight excluding hydrogens is 400 g/mol. The normalized spacial score (nSPS) is 11.8. The predicted octanol–water partition coefficient (Wildman–Crippen LogP) is 3.79. The Kier molecular flexibility index (Phi) is 6.21. The molecule has 144 valence electrons. The van der Waals surface area contributed by atoms with Crippen molar-refractivity contribution in [1.29, 1.82) is 0 Å². The summed E-state index contributed by atoms with van der Waals surface area (Å²) in [5, 5.41) is 0. The van der Waals surface area contributed by atoms with E-state index in [4.69, 9.17) is 9.47 Å². The molecule has 2 aromatic rings. The van der Waals surface area contributed by atoms with Gasteiger partial charge in [0.15, 0.2) is 0 Å². The van der Waals surface area contributed by atoms with E-state index in [9.17, 15) is 19.2 Å². The zero-order valence-corrected chi connectivity index (χ0v) is 16.8. The van der Waals surface area contributed by atoms with Crippen LogP contribution in [0.1, 0.15) is 34.6 Å². The minimum absolute atomic E-state index is 0.130. The molecule has 0 saturated carbocycles. The monoisotopic (exact) mass is 416 g/mol. The van der Waals surface area contributed by atoms with Gasteiger partial charge in [0.1, 0.15) is 0 Å².